The van der Waals surface area contributed by atoms with Crippen LogP contribution in [-0.4, -0.2) is 65.6 Å². The molecule has 0 unspecified atom stereocenters. The van der Waals surface area contributed by atoms with Crippen molar-refractivity contribution in [3.05, 3.63) is 41.5 Å². The molecule has 0 bridgehead atoms. The average Bonchev–Trinajstić information content (AvgIpc) is 3.20. The summed E-state index contributed by atoms with van der Waals surface area (Å²) < 4.78 is 3.72. The van der Waals surface area contributed by atoms with Crippen LogP contribution < -0.4 is 4.90 Å². The maximum absolute atomic E-state index is 4.66. The number of aromatic nitrogens is 7. The molecule has 0 aliphatic carbocycles. The Labute approximate surface area is 158 Å². The molecule has 0 spiro atoms. The smallest absolute Gasteiger partial charge is 0.159 e. The van der Waals surface area contributed by atoms with Gasteiger partial charge in [-0.05, 0) is 26.8 Å². The molecule has 9 nitrogen and oxygen atoms in total. The lowest BCUT2D eigenvalue weighted by Crippen LogP contribution is -2.46. The second-order valence-corrected chi connectivity index (χ2v) is 7.03. The fourth-order valence-corrected chi connectivity index (χ4v) is 3.47. The summed E-state index contributed by atoms with van der Waals surface area (Å²) in [6, 6.07) is 4.09. The molecule has 1 fully saturated rings. The van der Waals surface area contributed by atoms with Gasteiger partial charge in [-0.15, -0.1) is 0 Å². The molecule has 0 N–H and O–H groups in total. The van der Waals surface area contributed by atoms with Gasteiger partial charge in [0.15, 0.2) is 5.82 Å². The van der Waals surface area contributed by atoms with Crippen LogP contribution in [0.4, 0.5) is 5.82 Å². The zero-order valence-corrected chi connectivity index (χ0v) is 16.3. The van der Waals surface area contributed by atoms with Gasteiger partial charge in [0.05, 0.1) is 12.2 Å². The maximum Gasteiger partial charge on any atom is 0.159 e. The van der Waals surface area contributed by atoms with Crippen LogP contribution in [0.15, 0.2) is 18.5 Å². The predicted molar refractivity (Wildman–Crippen MR) is 102 cm³/mol. The minimum absolute atomic E-state index is 0.761. The molecule has 1 saturated heterocycles. The molecule has 3 aromatic heterocycles. The maximum atomic E-state index is 4.66. The summed E-state index contributed by atoms with van der Waals surface area (Å²) in [6.45, 7) is 10.6. The molecule has 1 aliphatic heterocycles. The van der Waals surface area contributed by atoms with Crippen molar-refractivity contribution in [3.63, 3.8) is 0 Å². The van der Waals surface area contributed by atoms with Crippen LogP contribution in [0.3, 0.4) is 0 Å². The fraction of sp³-hybridized carbons (Fsp3) is 0.500. The molecular weight excluding hydrogens is 342 g/mol. The first kappa shape index (κ1) is 17.6. The van der Waals surface area contributed by atoms with Gasteiger partial charge in [-0.3, -0.25) is 9.58 Å². The third kappa shape index (κ3) is 3.68. The Hall–Kier alpha value is -2.81. The lowest BCUT2D eigenvalue weighted by Gasteiger charge is -2.35. The van der Waals surface area contributed by atoms with Gasteiger partial charge in [-0.1, -0.05) is 0 Å². The molecule has 1 aliphatic rings. The lowest BCUT2D eigenvalue weighted by atomic mass is 10.3. The SMILES string of the molecule is Cc1cc(C)n(-c2cc(N3CCN(Cc4ncnn4C)CC3)nc(C)n2)n1. The second-order valence-electron chi connectivity index (χ2n) is 7.03. The number of aryl methyl sites for hydroxylation is 4. The van der Waals surface area contributed by atoms with E-state index in [1.807, 2.05) is 43.2 Å². The van der Waals surface area contributed by atoms with E-state index < -0.39 is 0 Å². The van der Waals surface area contributed by atoms with Crippen LogP contribution in [0.25, 0.3) is 5.82 Å². The van der Waals surface area contributed by atoms with Gasteiger partial charge in [-0.2, -0.15) is 10.2 Å². The lowest BCUT2D eigenvalue weighted by molar-refractivity contribution is 0.240. The molecule has 3 aromatic rings. The number of anilines is 1. The highest BCUT2D eigenvalue weighted by Gasteiger charge is 2.21. The van der Waals surface area contributed by atoms with Crippen molar-refractivity contribution in [2.24, 2.45) is 7.05 Å². The van der Waals surface area contributed by atoms with Crippen molar-refractivity contribution in [1.82, 2.24) is 39.4 Å². The van der Waals surface area contributed by atoms with Crippen molar-refractivity contribution in [1.29, 1.82) is 0 Å². The van der Waals surface area contributed by atoms with E-state index in [9.17, 15) is 0 Å². The van der Waals surface area contributed by atoms with E-state index in [-0.39, 0.29) is 0 Å². The number of hydrogen-bond donors (Lipinski definition) is 0. The number of hydrogen-bond acceptors (Lipinski definition) is 7. The largest absolute Gasteiger partial charge is 0.354 e. The van der Waals surface area contributed by atoms with Gasteiger partial charge in [0.1, 0.15) is 23.8 Å². The van der Waals surface area contributed by atoms with E-state index >= 15 is 0 Å². The Balaban J connectivity index is 1.48. The fourth-order valence-electron chi connectivity index (χ4n) is 3.47. The van der Waals surface area contributed by atoms with Gasteiger partial charge >= 0.3 is 0 Å². The van der Waals surface area contributed by atoms with E-state index in [2.05, 4.69) is 41.0 Å². The number of piperazine rings is 1. The van der Waals surface area contributed by atoms with Crippen molar-refractivity contribution < 1.29 is 0 Å². The molecule has 142 valence electrons. The van der Waals surface area contributed by atoms with Crippen LogP contribution in [-0.2, 0) is 13.6 Å². The molecule has 0 radical (unpaired) electrons. The van der Waals surface area contributed by atoms with Crippen molar-refractivity contribution in [2.75, 3.05) is 31.1 Å². The standard InChI is InChI=1S/C18H25N9/c1-13-9-14(2)27(23-13)17-10-16(21-15(3)22-17)26-7-5-25(6-8-26)11-18-19-12-20-24(18)4/h9-10,12H,5-8,11H2,1-4H3. The molecule has 27 heavy (non-hydrogen) atoms. The summed E-state index contributed by atoms with van der Waals surface area (Å²) in [5.41, 5.74) is 2.06. The summed E-state index contributed by atoms with van der Waals surface area (Å²) in [5, 5.41) is 8.70. The number of rotatable bonds is 4. The van der Waals surface area contributed by atoms with E-state index in [1.165, 1.54) is 0 Å². The molecule has 4 heterocycles. The topological polar surface area (TPSA) is 80.8 Å². The van der Waals surface area contributed by atoms with Crippen molar-refractivity contribution in [2.45, 2.75) is 27.3 Å². The highest BCUT2D eigenvalue weighted by molar-refractivity contribution is 5.45. The monoisotopic (exact) mass is 367 g/mol. The van der Waals surface area contributed by atoms with E-state index in [4.69, 9.17) is 0 Å². The minimum Gasteiger partial charge on any atom is -0.354 e. The van der Waals surface area contributed by atoms with Gasteiger partial charge < -0.3 is 4.90 Å². The molecule has 9 heteroatoms. The third-order valence-corrected chi connectivity index (χ3v) is 4.90. The molecular formula is C18H25N9. The summed E-state index contributed by atoms with van der Waals surface area (Å²) in [5.74, 6) is 3.54. The summed E-state index contributed by atoms with van der Waals surface area (Å²) >= 11 is 0. The second kappa shape index (κ2) is 7.07. The Kier molecular flexibility index (Phi) is 4.61. The first-order chi connectivity index (χ1) is 13.0. The Morgan fingerprint density at radius 1 is 0.963 bits per heavy atom. The van der Waals surface area contributed by atoms with Crippen molar-refractivity contribution >= 4 is 5.82 Å². The predicted octanol–water partition coefficient (Wildman–Crippen LogP) is 1.04. The zero-order chi connectivity index (χ0) is 19.0. The van der Waals surface area contributed by atoms with Crippen LogP contribution in [0.1, 0.15) is 23.0 Å². The normalized spacial score (nSPS) is 15.5. The van der Waals surface area contributed by atoms with Crippen LogP contribution in [0.2, 0.25) is 0 Å². The minimum atomic E-state index is 0.761. The molecule has 0 atom stereocenters. The van der Waals surface area contributed by atoms with Gasteiger partial charge in [0.2, 0.25) is 0 Å². The molecule has 0 aromatic carbocycles. The van der Waals surface area contributed by atoms with Crippen LogP contribution in [0, 0.1) is 20.8 Å². The summed E-state index contributed by atoms with van der Waals surface area (Å²) in [6.07, 6.45) is 1.61. The average molecular weight is 367 g/mol. The van der Waals surface area contributed by atoms with Crippen molar-refractivity contribution in [3.8, 4) is 5.82 Å². The van der Waals surface area contributed by atoms with Gasteiger partial charge in [0, 0.05) is 45.0 Å². The first-order valence-corrected chi connectivity index (χ1v) is 9.19. The van der Waals surface area contributed by atoms with E-state index in [0.29, 0.717) is 0 Å². The molecule has 0 saturated carbocycles. The van der Waals surface area contributed by atoms with Gasteiger partial charge in [-0.25, -0.2) is 19.6 Å². The quantitative estimate of drug-likeness (QED) is 0.681. The van der Waals surface area contributed by atoms with Crippen LogP contribution >= 0.6 is 0 Å². The van der Waals surface area contributed by atoms with Crippen LogP contribution in [0.5, 0.6) is 0 Å². The molecule has 4 rings (SSSR count). The number of nitrogens with zero attached hydrogens (tertiary/aromatic N) is 9. The highest BCUT2D eigenvalue weighted by atomic mass is 15.4. The van der Waals surface area contributed by atoms with Gasteiger partial charge in [0.25, 0.3) is 0 Å². The van der Waals surface area contributed by atoms with E-state index in [1.54, 1.807) is 6.33 Å². The third-order valence-electron chi connectivity index (χ3n) is 4.90. The Morgan fingerprint density at radius 2 is 1.70 bits per heavy atom. The summed E-state index contributed by atoms with van der Waals surface area (Å²) in [4.78, 5) is 18.3. The Bertz CT molecular complexity index is 934. The first-order valence-electron chi connectivity index (χ1n) is 9.19. The highest BCUT2D eigenvalue weighted by Crippen LogP contribution is 2.19. The molecule has 0 amide bonds. The zero-order valence-electron chi connectivity index (χ0n) is 16.3. The summed E-state index contributed by atoms with van der Waals surface area (Å²) in [7, 11) is 1.93. The Morgan fingerprint density at radius 3 is 2.33 bits per heavy atom. The van der Waals surface area contributed by atoms with E-state index in [0.717, 1.165) is 67.4 Å².